The first-order valence-corrected chi connectivity index (χ1v) is 13.7. The molecule has 1 atom stereocenters. The van der Waals surface area contributed by atoms with Gasteiger partial charge in [0, 0.05) is 11.6 Å². The van der Waals surface area contributed by atoms with Gasteiger partial charge in [-0.1, -0.05) is 35.5 Å². The third-order valence-electron chi connectivity index (χ3n) is 6.91. The number of carbonyl (C=O) groups is 1. The SMILES string of the molecule is Cc1noc(C)c1CCNC1CCc2cc(OCc3ccccc3)c(N3CC(=O)NS3(=O)=O)c(F)c2C1. The van der Waals surface area contributed by atoms with Crippen LogP contribution in [-0.2, 0) is 40.9 Å². The van der Waals surface area contributed by atoms with Crippen LogP contribution >= 0.6 is 0 Å². The number of benzene rings is 2. The Bertz CT molecular complexity index is 1400. The Kier molecular flexibility index (Phi) is 6.91. The molecular formula is C26H29FN4O5S. The molecule has 37 heavy (non-hydrogen) atoms. The number of aryl methyl sites for hydroxylation is 3. The Morgan fingerprint density at radius 2 is 2.05 bits per heavy atom. The first-order chi connectivity index (χ1) is 17.7. The molecule has 9 nitrogen and oxygen atoms in total. The van der Waals surface area contributed by atoms with Crippen molar-refractivity contribution in [2.75, 3.05) is 17.4 Å². The quantitative estimate of drug-likeness (QED) is 0.462. The topological polar surface area (TPSA) is 114 Å². The predicted octanol–water partition coefficient (Wildman–Crippen LogP) is 2.88. The van der Waals surface area contributed by atoms with Gasteiger partial charge in [0.25, 0.3) is 5.91 Å². The van der Waals surface area contributed by atoms with Crippen molar-refractivity contribution in [3.63, 3.8) is 0 Å². The van der Waals surface area contributed by atoms with E-state index in [0.29, 0.717) is 24.9 Å². The van der Waals surface area contributed by atoms with E-state index in [2.05, 4.69) is 10.5 Å². The average molecular weight is 529 g/mol. The average Bonchev–Trinajstić information content (AvgIpc) is 3.34. The lowest BCUT2D eigenvalue weighted by molar-refractivity contribution is -0.117. The van der Waals surface area contributed by atoms with Crippen molar-refractivity contribution in [3.05, 3.63) is 75.9 Å². The molecule has 0 radical (unpaired) electrons. The third kappa shape index (κ3) is 5.19. The van der Waals surface area contributed by atoms with E-state index in [1.54, 1.807) is 6.07 Å². The van der Waals surface area contributed by atoms with E-state index in [0.717, 1.165) is 45.3 Å². The maximum absolute atomic E-state index is 16.1. The number of rotatable bonds is 8. The van der Waals surface area contributed by atoms with Gasteiger partial charge in [0.1, 0.15) is 30.3 Å². The zero-order chi connectivity index (χ0) is 26.2. The standard InChI is InChI=1S/C26H29FN4O5S/c1-16-21(17(2)36-29-16)10-11-28-20-9-8-19-12-23(35-15-18-6-4-3-5-7-18)26(25(27)22(19)13-20)31-14-24(32)30-37(31,33)34/h3-7,12,20,28H,8-11,13-15H2,1-2H3,(H,30,32). The minimum atomic E-state index is -4.22. The number of carbonyl (C=O) groups excluding carboxylic acids is 1. The molecule has 2 N–H and O–H groups in total. The molecule has 0 saturated carbocycles. The van der Waals surface area contributed by atoms with Gasteiger partial charge in [0.15, 0.2) is 5.82 Å². The van der Waals surface area contributed by atoms with Crippen molar-refractivity contribution < 1.29 is 26.9 Å². The number of nitrogens with one attached hydrogen (secondary N) is 2. The van der Waals surface area contributed by atoms with Gasteiger partial charge in [-0.25, -0.2) is 13.4 Å². The van der Waals surface area contributed by atoms with E-state index < -0.39 is 28.5 Å². The number of fused-ring (bicyclic) bond motifs is 1. The predicted molar refractivity (Wildman–Crippen MR) is 135 cm³/mol. The zero-order valence-electron chi connectivity index (χ0n) is 20.7. The molecule has 1 aromatic heterocycles. The molecule has 2 heterocycles. The molecule has 1 amide bonds. The number of halogens is 1. The highest BCUT2D eigenvalue weighted by Crippen LogP contribution is 2.40. The molecule has 2 aromatic carbocycles. The highest BCUT2D eigenvalue weighted by Gasteiger charge is 2.39. The van der Waals surface area contributed by atoms with E-state index in [9.17, 15) is 13.2 Å². The van der Waals surface area contributed by atoms with Crippen LogP contribution < -0.4 is 19.1 Å². The van der Waals surface area contributed by atoms with Crippen LogP contribution in [0, 0.1) is 19.7 Å². The van der Waals surface area contributed by atoms with Crippen LogP contribution in [0.25, 0.3) is 0 Å². The normalized spacial score (nSPS) is 18.5. The Hall–Kier alpha value is -3.44. The Morgan fingerprint density at radius 1 is 1.27 bits per heavy atom. The van der Waals surface area contributed by atoms with Gasteiger partial charge in [-0.05, 0) is 68.8 Å². The number of anilines is 1. The van der Waals surface area contributed by atoms with Crippen molar-refractivity contribution in [1.29, 1.82) is 0 Å². The summed E-state index contributed by atoms with van der Waals surface area (Å²) >= 11 is 0. The third-order valence-corrected chi connectivity index (χ3v) is 8.29. The van der Waals surface area contributed by atoms with Gasteiger partial charge in [-0.15, -0.1) is 0 Å². The fourth-order valence-electron chi connectivity index (χ4n) is 4.99. The van der Waals surface area contributed by atoms with Gasteiger partial charge in [-0.3, -0.25) is 4.79 Å². The number of amides is 1. The van der Waals surface area contributed by atoms with Crippen molar-refractivity contribution >= 4 is 21.8 Å². The maximum Gasteiger partial charge on any atom is 0.326 e. The number of hydrogen-bond donors (Lipinski definition) is 2. The van der Waals surface area contributed by atoms with Gasteiger partial charge in [0.2, 0.25) is 0 Å². The molecule has 0 spiro atoms. The highest BCUT2D eigenvalue weighted by atomic mass is 32.2. The summed E-state index contributed by atoms with van der Waals surface area (Å²) in [7, 11) is -4.22. The second kappa shape index (κ2) is 10.1. The molecule has 11 heteroatoms. The van der Waals surface area contributed by atoms with Crippen LogP contribution in [0.15, 0.2) is 40.9 Å². The fraction of sp³-hybridized carbons (Fsp3) is 0.385. The molecule has 0 bridgehead atoms. The minimum absolute atomic E-state index is 0.0151. The van der Waals surface area contributed by atoms with E-state index in [1.807, 2.05) is 48.9 Å². The smallest absolute Gasteiger partial charge is 0.326 e. The van der Waals surface area contributed by atoms with E-state index in [4.69, 9.17) is 9.26 Å². The second-order valence-corrected chi connectivity index (χ2v) is 11.0. The minimum Gasteiger partial charge on any atom is -0.487 e. The Labute approximate surface area is 215 Å². The molecule has 1 fully saturated rings. The highest BCUT2D eigenvalue weighted by molar-refractivity contribution is 7.92. The summed E-state index contributed by atoms with van der Waals surface area (Å²) in [6.45, 7) is 4.09. The summed E-state index contributed by atoms with van der Waals surface area (Å²) in [4.78, 5) is 11.9. The van der Waals surface area contributed by atoms with Gasteiger partial charge in [0.05, 0.1) is 5.69 Å². The van der Waals surface area contributed by atoms with E-state index in [1.165, 1.54) is 0 Å². The lowest BCUT2D eigenvalue weighted by Crippen LogP contribution is -2.37. The van der Waals surface area contributed by atoms with Gasteiger partial charge in [-0.2, -0.15) is 8.42 Å². The second-order valence-electron chi connectivity index (χ2n) is 9.43. The molecule has 1 saturated heterocycles. The Balaban J connectivity index is 1.40. The summed E-state index contributed by atoms with van der Waals surface area (Å²) in [5.74, 6) is -0.491. The molecule has 1 aliphatic heterocycles. The van der Waals surface area contributed by atoms with Gasteiger partial charge < -0.3 is 14.6 Å². The molecule has 1 aliphatic carbocycles. The summed E-state index contributed by atoms with van der Waals surface area (Å²) in [5.41, 5.74) is 3.77. The van der Waals surface area contributed by atoms with Crippen molar-refractivity contribution in [3.8, 4) is 5.75 Å². The molecular weight excluding hydrogens is 499 g/mol. The lowest BCUT2D eigenvalue weighted by Gasteiger charge is -2.29. The van der Waals surface area contributed by atoms with E-state index in [-0.39, 0.29) is 24.1 Å². The van der Waals surface area contributed by atoms with Crippen molar-refractivity contribution in [2.24, 2.45) is 0 Å². The largest absolute Gasteiger partial charge is 0.487 e. The number of aromatic nitrogens is 1. The van der Waals surface area contributed by atoms with Crippen LogP contribution in [0.2, 0.25) is 0 Å². The van der Waals surface area contributed by atoms with Crippen LogP contribution in [0.5, 0.6) is 5.75 Å². The summed E-state index contributed by atoms with van der Waals surface area (Å²) in [6.07, 6.45) is 2.54. The molecule has 3 aromatic rings. The maximum atomic E-state index is 16.1. The summed E-state index contributed by atoms with van der Waals surface area (Å²) in [5, 5.41) is 7.47. The number of hydrogen-bond acceptors (Lipinski definition) is 7. The van der Waals surface area contributed by atoms with Crippen molar-refractivity contribution in [1.82, 2.24) is 15.2 Å². The first-order valence-electron chi connectivity index (χ1n) is 12.2. The van der Waals surface area contributed by atoms with Crippen LogP contribution in [0.4, 0.5) is 10.1 Å². The zero-order valence-corrected chi connectivity index (χ0v) is 21.5. The number of nitrogens with zero attached hydrogens (tertiary/aromatic N) is 2. The fourth-order valence-corrected chi connectivity index (χ4v) is 6.15. The molecule has 2 aliphatic rings. The summed E-state index contributed by atoms with van der Waals surface area (Å²) in [6, 6.07) is 11.1. The van der Waals surface area contributed by atoms with Crippen LogP contribution in [-0.4, -0.2) is 38.6 Å². The Morgan fingerprint density at radius 3 is 2.73 bits per heavy atom. The monoisotopic (exact) mass is 528 g/mol. The van der Waals surface area contributed by atoms with Gasteiger partial charge >= 0.3 is 10.2 Å². The van der Waals surface area contributed by atoms with E-state index >= 15 is 4.39 Å². The van der Waals surface area contributed by atoms with Crippen LogP contribution in [0.1, 0.15) is 40.1 Å². The lowest BCUT2D eigenvalue weighted by atomic mass is 9.87. The van der Waals surface area contributed by atoms with Crippen molar-refractivity contribution in [2.45, 2.75) is 52.2 Å². The summed E-state index contributed by atoms with van der Waals surface area (Å²) < 4.78 is 55.3. The van der Waals surface area contributed by atoms with Crippen LogP contribution in [0.3, 0.4) is 0 Å². The molecule has 196 valence electrons. The first kappa shape index (κ1) is 25.2. The molecule has 5 rings (SSSR count). The molecule has 1 unspecified atom stereocenters. The number of ether oxygens (including phenoxy) is 1.